The molecule has 2 aromatic carbocycles. The van der Waals surface area contributed by atoms with Gasteiger partial charge in [-0.15, -0.1) is 0 Å². The lowest BCUT2D eigenvalue weighted by molar-refractivity contribution is 0.558. The van der Waals surface area contributed by atoms with E-state index in [2.05, 4.69) is 32.2 Å². The summed E-state index contributed by atoms with van der Waals surface area (Å²) in [5, 5.41) is 3.35. The summed E-state index contributed by atoms with van der Waals surface area (Å²) in [4.78, 5) is 1.82. The van der Waals surface area contributed by atoms with Crippen LogP contribution in [0.3, 0.4) is 0 Å². The molecule has 0 spiro atoms. The van der Waals surface area contributed by atoms with Gasteiger partial charge in [0.15, 0.2) is 0 Å². The number of nitrogens with one attached hydrogen (secondary N) is 1. The second-order valence-electron chi connectivity index (χ2n) is 4.81. The molecular weight excluding hydrogens is 269 g/mol. The van der Waals surface area contributed by atoms with Crippen molar-refractivity contribution in [1.82, 2.24) is 5.32 Å². The molecule has 0 aromatic heterocycles. The Kier molecular flexibility index (Phi) is 5.21. The van der Waals surface area contributed by atoms with Crippen LogP contribution in [0.1, 0.15) is 31.0 Å². The van der Waals surface area contributed by atoms with Crippen molar-refractivity contribution in [3.8, 4) is 0 Å². The van der Waals surface area contributed by atoms with Gasteiger partial charge in [-0.1, -0.05) is 49.0 Å². The fourth-order valence-electron chi connectivity index (χ4n) is 2.17. The van der Waals surface area contributed by atoms with Crippen molar-refractivity contribution >= 4 is 11.8 Å². The van der Waals surface area contributed by atoms with Gasteiger partial charge in [0.1, 0.15) is 5.82 Å². The molecule has 2 aromatic rings. The predicted molar refractivity (Wildman–Crippen MR) is 83.8 cm³/mol. The minimum atomic E-state index is -0.152. The van der Waals surface area contributed by atoms with Crippen molar-refractivity contribution in [3.05, 3.63) is 59.4 Å². The highest BCUT2D eigenvalue weighted by Crippen LogP contribution is 2.36. The lowest BCUT2D eigenvalue weighted by atomic mass is 10.1. The molecule has 0 saturated heterocycles. The zero-order chi connectivity index (χ0) is 14.5. The maximum absolute atomic E-state index is 14.2. The Morgan fingerprint density at radius 3 is 2.60 bits per heavy atom. The molecule has 3 heteroatoms. The first-order chi connectivity index (χ1) is 9.63. The van der Waals surface area contributed by atoms with E-state index in [1.807, 2.05) is 24.3 Å². The van der Waals surface area contributed by atoms with E-state index in [1.54, 1.807) is 6.07 Å². The normalized spacial score (nSPS) is 12.4. The summed E-state index contributed by atoms with van der Waals surface area (Å²) in [6.07, 6.45) is 0. The molecule has 0 fully saturated rings. The van der Waals surface area contributed by atoms with Crippen LogP contribution in [0.4, 0.5) is 4.39 Å². The minimum Gasteiger partial charge on any atom is -0.310 e. The Hall–Kier alpha value is -1.32. The van der Waals surface area contributed by atoms with Gasteiger partial charge in [-0.05, 0) is 43.7 Å². The number of hydrogen-bond acceptors (Lipinski definition) is 2. The summed E-state index contributed by atoms with van der Waals surface area (Å²) in [5.74, 6) is -0.152. The van der Waals surface area contributed by atoms with Gasteiger partial charge in [-0.3, -0.25) is 0 Å². The van der Waals surface area contributed by atoms with Crippen molar-refractivity contribution in [3.63, 3.8) is 0 Å². The van der Waals surface area contributed by atoms with E-state index < -0.39 is 0 Å². The summed E-state index contributed by atoms with van der Waals surface area (Å²) in [5.41, 5.74) is 2.18. The van der Waals surface area contributed by atoms with Crippen LogP contribution in [0.5, 0.6) is 0 Å². The maximum atomic E-state index is 14.2. The molecule has 2 rings (SSSR count). The van der Waals surface area contributed by atoms with Gasteiger partial charge >= 0.3 is 0 Å². The van der Waals surface area contributed by atoms with Gasteiger partial charge in [0.05, 0.1) is 4.90 Å². The molecule has 0 bridgehead atoms. The second kappa shape index (κ2) is 6.91. The third kappa shape index (κ3) is 3.41. The van der Waals surface area contributed by atoms with E-state index in [9.17, 15) is 4.39 Å². The number of halogens is 1. The maximum Gasteiger partial charge on any atom is 0.137 e. The monoisotopic (exact) mass is 289 g/mol. The number of rotatable bonds is 5. The number of hydrogen-bond donors (Lipinski definition) is 1. The van der Waals surface area contributed by atoms with Crippen LogP contribution in [-0.2, 0) is 0 Å². The average molecular weight is 289 g/mol. The van der Waals surface area contributed by atoms with Crippen molar-refractivity contribution in [2.45, 2.75) is 36.6 Å². The summed E-state index contributed by atoms with van der Waals surface area (Å²) < 4.78 is 14.2. The van der Waals surface area contributed by atoms with Crippen LogP contribution >= 0.6 is 11.8 Å². The number of aryl methyl sites for hydroxylation is 1. The highest BCUT2D eigenvalue weighted by atomic mass is 32.2. The average Bonchev–Trinajstić information content (AvgIpc) is 2.43. The lowest BCUT2D eigenvalue weighted by Crippen LogP contribution is -2.18. The van der Waals surface area contributed by atoms with Crippen LogP contribution in [-0.4, -0.2) is 6.54 Å². The second-order valence-corrected chi connectivity index (χ2v) is 5.86. The zero-order valence-electron chi connectivity index (χ0n) is 12.1. The Morgan fingerprint density at radius 2 is 1.90 bits per heavy atom. The standard InChI is InChI=1S/C17H20FNS/c1-4-19-13(3)14-9-7-10-15(18)17(14)20-16-11-6-5-8-12(16)2/h5-11,13,19H,4H2,1-3H3. The predicted octanol–water partition coefficient (Wildman–Crippen LogP) is 4.96. The van der Waals surface area contributed by atoms with Crippen LogP contribution in [0, 0.1) is 12.7 Å². The van der Waals surface area contributed by atoms with Crippen LogP contribution in [0.15, 0.2) is 52.3 Å². The van der Waals surface area contributed by atoms with E-state index in [4.69, 9.17) is 0 Å². The summed E-state index contributed by atoms with van der Waals surface area (Å²) >= 11 is 1.51. The summed E-state index contributed by atoms with van der Waals surface area (Å²) in [6.45, 7) is 7.05. The van der Waals surface area contributed by atoms with Crippen LogP contribution in [0.2, 0.25) is 0 Å². The highest BCUT2D eigenvalue weighted by molar-refractivity contribution is 7.99. The van der Waals surface area contributed by atoms with Gasteiger partial charge < -0.3 is 5.32 Å². The van der Waals surface area contributed by atoms with Gasteiger partial charge in [-0.2, -0.15) is 0 Å². The van der Waals surface area contributed by atoms with Crippen molar-refractivity contribution < 1.29 is 4.39 Å². The topological polar surface area (TPSA) is 12.0 Å². The SMILES string of the molecule is CCNC(C)c1cccc(F)c1Sc1ccccc1C. The molecule has 1 nitrogen and oxygen atoms in total. The molecule has 0 aliphatic heterocycles. The van der Waals surface area contributed by atoms with Crippen molar-refractivity contribution in [2.24, 2.45) is 0 Å². The molecule has 0 saturated carbocycles. The fraction of sp³-hybridized carbons (Fsp3) is 0.294. The van der Waals surface area contributed by atoms with Gasteiger partial charge in [0.2, 0.25) is 0 Å². The molecule has 0 heterocycles. The van der Waals surface area contributed by atoms with Gasteiger partial charge in [-0.25, -0.2) is 4.39 Å². The largest absolute Gasteiger partial charge is 0.310 e. The lowest BCUT2D eigenvalue weighted by Gasteiger charge is -2.18. The molecule has 0 amide bonds. The third-order valence-corrected chi connectivity index (χ3v) is 4.59. The first-order valence-corrected chi connectivity index (χ1v) is 7.70. The zero-order valence-corrected chi connectivity index (χ0v) is 12.9. The Labute approximate surface area is 124 Å². The summed E-state index contributed by atoms with van der Waals surface area (Å²) in [7, 11) is 0. The fourth-order valence-corrected chi connectivity index (χ4v) is 3.29. The smallest absolute Gasteiger partial charge is 0.137 e. The molecule has 0 aliphatic carbocycles. The number of benzene rings is 2. The third-order valence-electron chi connectivity index (χ3n) is 3.28. The molecule has 106 valence electrons. The molecular formula is C17H20FNS. The Bertz CT molecular complexity index is 583. The Balaban J connectivity index is 2.38. The Morgan fingerprint density at radius 1 is 1.15 bits per heavy atom. The van der Waals surface area contributed by atoms with E-state index in [-0.39, 0.29) is 11.9 Å². The minimum absolute atomic E-state index is 0.141. The molecule has 1 atom stereocenters. The van der Waals surface area contributed by atoms with E-state index in [0.29, 0.717) is 0 Å². The molecule has 0 aliphatic rings. The quantitative estimate of drug-likeness (QED) is 0.835. The molecule has 0 radical (unpaired) electrons. The van der Waals surface area contributed by atoms with E-state index in [0.717, 1.165) is 21.9 Å². The van der Waals surface area contributed by atoms with Crippen LogP contribution < -0.4 is 5.32 Å². The first kappa shape index (κ1) is 15.1. The van der Waals surface area contributed by atoms with E-state index >= 15 is 0 Å². The van der Waals surface area contributed by atoms with E-state index in [1.165, 1.54) is 23.4 Å². The summed E-state index contributed by atoms with van der Waals surface area (Å²) in [6, 6.07) is 13.5. The van der Waals surface area contributed by atoms with Crippen molar-refractivity contribution in [1.29, 1.82) is 0 Å². The molecule has 20 heavy (non-hydrogen) atoms. The van der Waals surface area contributed by atoms with Crippen molar-refractivity contribution in [2.75, 3.05) is 6.54 Å². The van der Waals surface area contributed by atoms with Crippen LogP contribution in [0.25, 0.3) is 0 Å². The highest BCUT2D eigenvalue weighted by Gasteiger charge is 2.15. The van der Waals surface area contributed by atoms with Gasteiger partial charge in [0, 0.05) is 10.9 Å². The molecule has 1 N–H and O–H groups in total. The van der Waals surface area contributed by atoms with Gasteiger partial charge in [0.25, 0.3) is 0 Å². The molecule has 1 unspecified atom stereocenters. The first-order valence-electron chi connectivity index (χ1n) is 6.88.